The van der Waals surface area contributed by atoms with Crippen molar-refractivity contribution >= 4 is 33.6 Å². The van der Waals surface area contributed by atoms with Crippen LogP contribution in [0.2, 0.25) is 0 Å². The number of hydrogen-bond acceptors (Lipinski definition) is 2. The Labute approximate surface area is 227 Å². The Hall–Kier alpha value is -5.10. The van der Waals surface area contributed by atoms with Gasteiger partial charge >= 0.3 is 0 Å². The van der Waals surface area contributed by atoms with Crippen molar-refractivity contribution in [3.63, 3.8) is 0 Å². The Kier molecular flexibility index (Phi) is 7.84. The molecule has 0 bridgehead atoms. The van der Waals surface area contributed by atoms with E-state index in [2.05, 4.69) is 15.6 Å². The summed E-state index contributed by atoms with van der Waals surface area (Å²) >= 11 is 0. The highest BCUT2D eigenvalue weighted by Crippen LogP contribution is 2.18. The molecule has 2 amide bonds. The van der Waals surface area contributed by atoms with Crippen LogP contribution in [0.4, 0.5) is 0 Å². The van der Waals surface area contributed by atoms with Crippen LogP contribution in [0.3, 0.4) is 0 Å². The first kappa shape index (κ1) is 25.5. The van der Waals surface area contributed by atoms with E-state index in [-0.39, 0.29) is 11.8 Å². The summed E-state index contributed by atoms with van der Waals surface area (Å²) in [6.07, 6.45) is 0. The molecule has 39 heavy (non-hydrogen) atoms. The van der Waals surface area contributed by atoms with Crippen LogP contribution >= 0.6 is 0 Å². The standard InChI is InChI=1S/C17H16N2O.C16H14N2O/c1-19-15-10-6-5-9-14(15)11-16(19)17(20)18-12-13-7-3-2-4-8-13;19-16(17-11-12-6-2-1-3-7-12)15-10-13-8-4-5-9-14(13)18-15/h2-11H,12H2,1H3,(H,18,20);1-10,18H,11H2,(H,17,19). The molecule has 0 aliphatic rings. The third-order valence-corrected chi connectivity index (χ3v) is 6.55. The van der Waals surface area contributed by atoms with Crippen molar-refractivity contribution in [3.8, 4) is 0 Å². The lowest BCUT2D eigenvalue weighted by molar-refractivity contribution is 0.0937. The maximum atomic E-state index is 12.3. The van der Waals surface area contributed by atoms with Crippen LogP contribution < -0.4 is 10.6 Å². The lowest BCUT2D eigenvalue weighted by atomic mass is 10.2. The van der Waals surface area contributed by atoms with Gasteiger partial charge in [-0.3, -0.25) is 9.59 Å². The van der Waals surface area contributed by atoms with Crippen LogP contribution in [0.1, 0.15) is 32.1 Å². The smallest absolute Gasteiger partial charge is 0.268 e. The van der Waals surface area contributed by atoms with Crippen LogP contribution in [0.25, 0.3) is 21.8 Å². The predicted octanol–water partition coefficient (Wildman–Crippen LogP) is 6.21. The highest BCUT2D eigenvalue weighted by molar-refractivity contribution is 5.99. The molecule has 0 atom stereocenters. The van der Waals surface area contributed by atoms with Crippen LogP contribution in [0.5, 0.6) is 0 Å². The SMILES string of the molecule is Cn1c(C(=O)NCc2ccccc2)cc2ccccc21.O=C(NCc1ccccc1)c1cc2ccccc2[nH]1. The van der Waals surface area contributed by atoms with Crippen molar-refractivity contribution in [1.29, 1.82) is 0 Å². The zero-order valence-corrected chi connectivity index (χ0v) is 21.7. The molecule has 0 unspecified atom stereocenters. The fraction of sp³-hybridized carbons (Fsp3) is 0.0909. The number of para-hydroxylation sites is 2. The first-order valence-electron chi connectivity index (χ1n) is 12.8. The van der Waals surface area contributed by atoms with Crippen molar-refractivity contribution in [3.05, 3.63) is 144 Å². The Morgan fingerprint density at radius 3 is 1.79 bits per heavy atom. The highest BCUT2D eigenvalue weighted by Gasteiger charge is 2.12. The van der Waals surface area contributed by atoms with Crippen molar-refractivity contribution in [1.82, 2.24) is 20.2 Å². The zero-order chi connectivity index (χ0) is 27.0. The topological polar surface area (TPSA) is 78.9 Å². The summed E-state index contributed by atoms with van der Waals surface area (Å²) in [5.74, 6) is -0.132. The molecule has 0 radical (unpaired) electrons. The number of rotatable bonds is 6. The van der Waals surface area contributed by atoms with E-state index in [1.807, 2.05) is 133 Å². The molecule has 2 heterocycles. The molecule has 0 fully saturated rings. The first-order valence-corrected chi connectivity index (χ1v) is 12.8. The number of fused-ring (bicyclic) bond motifs is 2. The zero-order valence-electron chi connectivity index (χ0n) is 21.7. The van der Waals surface area contributed by atoms with Crippen molar-refractivity contribution in [2.45, 2.75) is 13.1 Å². The van der Waals surface area contributed by atoms with Gasteiger partial charge in [0.15, 0.2) is 0 Å². The van der Waals surface area contributed by atoms with Gasteiger partial charge in [-0.05, 0) is 35.4 Å². The average molecular weight is 515 g/mol. The minimum Gasteiger partial charge on any atom is -0.351 e. The van der Waals surface area contributed by atoms with Crippen LogP contribution in [0, 0.1) is 0 Å². The van der Waals surface area contributed by atoms with E-state index < -0.39 is 0 Å². The van der Waals surface area contributed by atoms with Crippen molar-refractivity contribution in [2.24, 2.45) is 7.05 Å². The Morgan fingerprint density at radius 2 is 1.18 bits per heavy atom. The normalized spacial score (nSPS) is 10.6. The van der Waals surface area contributed by atoms with Crippen molar-refractivity contribution in [2.75, 3.05) is 0 Å². The molecule has 4 aromatic carbocycles. The number of aromatic amines is 1. The number of aromatic nitrogens is 2. The molecule has 3 N–H and O–H groups in total. The van der Waals surface area contributed by atoms with E-state index in [4.69, 9.17) is 0 Å². The van der Waals surface area contributed by atoms with E-state index >= 15 is 0 Å². The molecule has 194 valence electrons. The molecule has 6 aromatic rings. The van der Waals surface area contributed by atoms with Crippen LogP contribution in [-0.4, -0.2) is 21.4 Å². The summed E-state index contributed by atoms with van der Waals surface area (Å²) in [5.41, 5.74) is 5.51. The Morgan fingerprint density at radius 1 is 0.641 bits per heavy atom. The van der Waals surface area contributed by atoms with E-state index in [0.29, 0.717) is 24.5 Å². The van der Waals surface area contributed by atoms with Crippen molar-refractivity contribution < 1.29 is 9.59 Å². The van der Waals surface area contributed by atoms with Gasteiger partial charge in [0.1, 0.15) is 11.4 Å². The summed E-state index contributed by atoms with van der Waals surface area (Å²) in [4.78, 5) is 27.4. The number of carbonyl (C=O) groups excluding carboxylic acids is 2. The number of nitrogens with zero attached hydrogens (tertiary/aromatic N) is 1. The predicted molar refractivity (Wildman–Crippen MR) is 156 cm³/mol. The summed E-state index contributed by atoms with van der Waals surface area (Å²) in [6.45, 7) is 1.08. The molecule has 0 aliphatic carbocycles. The molecule has 0 saturated heterocycles. The van der Waals surface area contributed by atoms with E-state index in [1.165, 1.54) is 0 Å². The van der Waals surface area contributed by atoms with Gasteiger partial charge in [0, 0.05) is 41.9 Å². The van der Waals surface area contributed by atoms with E-state index in [1.54, 1.807) is 0 Å². The van der Waals surface area contributed by atoms with Gasteiger partial charge in [-0.2, -0.15) is 0 Å². The Bertz CT molecular complexity index is 1670. The molecule has 0 saturated carbocycles. The molecule has 0 spiro atoms. The summed E-state index contributed by atoms with van der Waals surface area (Å²) in [7, 11) is 1.92. The fourth-order valence-electron chi connectivity index (χ4n) is 4.44. The van der Waals surface area contributed by atoms with Gasteiger partial charge in [0.05, 0.1) is 0 Å². The van der Waals surface area contributed by atoms with Gasteiger partial charge in [0.25, 0.3) is 11.8 Å². The average Bonchev–Trinajstić information content (AvgIpc) is 3.58. The minimum absolute atomic E-state index is 0.0486. The molecule has 0 aliphatic heterocycles. The van der Waals surface area contributed by atoms with E-state index in [0.717, 1.165) is 32.9 Å². The number of carbonyl (C=O) groups is 2. The minimum atomic E-state index is -0.0833. The number of H-pyrrole nitrogens is 1. The molecule has 6 nitrogen and oxygen atoms in total. The lowest BCUT2D eigenvalue weighted by Crippen LogP contribution is -2.24. The number of hydrogen-bond donors (Lipinski definition) is 3. The van der Waals surface area contributed by atoms with Crippen LogP contribution in [-0.2, 0) is 20.1 Å². The second-order valence-corrected chi connectivity index (χ2v) is 9.25. The fourth-order valence-corrected chi connectivity index (χ4v) is 4.44. The van der Waals surface area contributed by atoms with Gasteiger partial charge in [-0.1, -0.05) is 97.1 Å². The summed E-state index contributed by atoms with van der Waals surface area (Å²) in [5, 5.41) is 7.99. The third-order valence-electron chi connectivity index (χ3n) is 6.55. The van der Waals surface area contributed by atoms with E-state index in [9.17, 15) is 9.59 Å². The molecule has 6 heteroatoms. The number of benzene rings is 4. The molecule has 6 rings (SSSR count). The second-order valence-electron chi connectivity index (χ2n) is 9.25. The Balaban J connectivity index is 0.000000158. The maximum absolute atomic E-state index is 12.3. The number of amides is 2. The second kappa shape index (κ2) is 12.0. The van der Waals surface area contributed by atoms with Gasteiger partial charge < -0.3 is 20.2 Å². The number of nitrogens with one attached hydrogen (secondary N) is 3. The molecule has 2 aromatic heterocycles. The monoisotopic (exact) mass is 514 g/mol. The molecular weight excluding hydrogens is 484 g/mol. The van der Waals surface area contributed by atoms with Gasteiger partial charge in [-0.25, -0.2) is 0 Å². The maximum Gasteiger partial charge on any atom is 0.268 e. The number of aryl methyl sites for hydroxylation is 1. The summed E-state index contributed by atoms with van der Waals surface area (Å²) in [6, 6.07) is 39.4. The lowest BCUT2D eigenvalue weighted by Gasteiger charge is -2.06. The van der Waals surface area contributed by atoms with Crippen LogP contribution in [0.15, 0.2) is 121 Å². The van der Waals surface area contributed by atoms with Gasteiger partial charge in [0.2, 0.25) is 0 Å². The summed E-state index contributed by atoms with van der Waals surface area (Å²) < 4.78 is 1.93. The highest BCUT2D eigenvalue weighted by atomic mass is 16.2. The van der Waals surface area contributed by atoms with Gasteiger partial charge in [-0.15, -0.1) is 0 Å². The third kappa shape index (κ3) is 6.25. The quantitative estimate of drug-likeness (QED) is 0.247. The molecular formula is C33H30N4O2. The first-order chi connectivity index (χ1) is 19.1. The largest absolute Gasteiger partial charge is 0.351 e.